The maximum absolute atomic E-state index is 12.6. The van der Waals surface area contributed by atoms with Crippen molar-refractivity contribution < 1.29 is 18.3 Å². The summed E-state index contributed by atoms with van der Waals surface area (Å²) in [7, 11) is 0. The van der Waals surface area contributed by atoms with E-state index in [4.69, 9.17) is 0 Å². The van der Waals surface area contributed by atoms with Crippen LogP contribution in [0.1, 0.15) is 24.1 Å². The number of halogens is 3. The molecule has 0 heterocycles. The Morgan fingerprint density at radius 2 is 1.70 bits per heavy atom. The topological polar surface area (TPSA) is 32.3 Å². The molecule has 20 heavy (non-hydrogen) atoms. The van der Waals surface area contributed by atoms with Crippen molar-refractivity contribution in [2.45, 2.75) is 19.1 Å². The van der Waals surface area contributed by atoms with E-state index in [0.717, 1.165) is 17.7 Å². The van der Waals surface area contributed by atoms with Crippen LogP contribution in [0.4, 0.5) is 18.9 Å². The Hall–Kier alpha value is -2.17. The largest absolute Gasteiger partial charge is 0.508 e. The highest BCUT2D eigenvalue weighted by Crippen LogP contribution is 2.31. The third-order valence-corrected chi connectivity index (χ3v) is 2.97. The van der Waals surface area contributed by atoms with Gasteiger partial charge in [-0.05, 0) is 42.8 Å². The number of hydrogen-bond donors (Lipinski definition) is 2. The number of anilines is 1. The summed E-state index contributed by atoms with van der Waals surface area (Å²) in [6.45, 7) is 1.84. The summed E-state index contributed by atoms with van der Waals surface area (Å²) in [4.78, 5) is 0. The van der Waals surface area contributed by atoms with E-state index in [1.54, 1.807) is 30.3 Å². The van der Waals surface area contributed by atoms with Gasteiger partial charge in [-0.25, -0.2) is 0 Å². The Kier molecular flexibility index (Phi) is 3.88. The first kappa shape index (κ1) is 14.2. The average molecular weight is 281 g/mol. The molecule has 106 valence electrons. The molecule has 0 radical (unpaired) electrons. The van der Waals surface area contributed by atoms with E-state index >= 15 is 0 Å². The van der Waals surface area contributed by atoms with E-state index in [0.29, 0.717) is 5.69 Å². The predicted molar refractivity (Wildman–Crippen MR) is 71.6 cm³/mol. The summed E-state index contributed by atoms with van der Waals surface area (Å²) < 4.78 is 37.9. The van der Waals surface area contributed by atoms with E-state index in [1.807, 2.05) is 6.92 Å². The van der Waals surface area contributed by atoms with Crippen LogP contribution < -0.4 is 5.32 Å². The second-order valence-corrected chi connectivity index (χ2v) is 4.54. The molecule has 2 rings (SSSR count). The number of nitrogens with one attached hydrogen (secondary N) is 1. The lowest BCUT2D eigenvalue weighted by Crippen LogP contribution is -2.09. The smallest absolute Gasteiger partial charge is 0.416 e. The first-order valence-corrected chi connectivity index (χ1v) is 6.09. The molecule has 0 saturated heterocycles. The monoisotopic (exact) mass is 281 g/mol. The fourth-order valence-electron chi connectivity index (χ4n) is 1.88. The van der Waals surface area contributed by atoms with Crippen LogP contribution in [-0.4, -0.2) is 5.11 Å². The summed E-state index contributed by atoms with van der Waals surface area (Å²) >= 11 is 0. The van der Waals surface area contributed by atoms with Crippen molar-refractivity contribution in [1.29, 1.82) is 0 Å². The predicted octanol–water partition coefficient (Wildman–Crippen LogP) is 4.58. The van der Waals surface area contributed by atoms with Crippen molar-refractivity contribution in [3.63, 3.8) is 0 Å². The number of rotatable bonds is 3. The number of aromatic hydroxyl groups is 1. The Morgan fingerprint density at radius 1 is 1.05 bits per heavy atom. The number of phenolic OH excluding ortho intramolecular Hbond substituents is 1. The molecule has 2 aromatic carbocycles. The van der Waals surface area contributed by atoms with E-state index in [-0.39, 0.29) is 11.8 Å². The Morgan fingerprint density at radius 3 is 2.30 bits per heavy atom. The zero-order chi connectivity index (χ0) is 14.8. The van der Waals surface area contributed by atoms with Gasteiger partial charge in [0.05, 0.1) is 5.56 Å². The number of alkyl halides is 3. The van der Waals surface area contributed by atoms with E-state index in [9.17, 15) is 18.3 Å². The van der Waals surface area contributed by atoms with Crippen molar-refractivity contribution >= 4 is 5.69 Å². The van der Waals surface area contributed by atoms with Gasteiger partial charge < -0.3 is 10.4 Å². The van der Waals surface area contributed by atoms with Gasteiger partial charge in [-0.2, -0.15) is 13.2 Å². The molecule has 0 spiro atoms. The van der Waals surface area contributed by atoms with E-state index < -0.39 is 11.7 Å². The zero-order valence-corrected chi connectivity index (χ0v) is 10.8. The standard InChI is InChI=1S/C15H14F3NO/c1-10(11-5-7-14(20)8-6-11)19-13-4-2-3-12(9-13)15(16,17)18/h2-10,19-20H,1H3. The highest BCUT2D eigenvalue weighted by atomic mass is 19.4. The Labute approximate surface area is 114 Å². The summed E-state index contributed by atoms with van der Waals surface area (Å²) in [6.07, 6.45) is -4.35. The van der Waals surface area contributed by atoms with Crippen molar-refractivity contribution in [3.05, 3.63) is 59.7 Å². The summed E-state index contributed by atoms with van der Waals surface area (Å²) in [6, 6.07) is 11.4. The average Bonchev–Trinajstić information content (AvgIpc) is 2.38. The van der Waals surface area contributed by atoms with Crippen LogP contribution in [0.2, 0.25) is 0 Å². The second-order valence-electron chi connectivity index (χ2n) is 4.54. The molecule has 2 N–H and O–H groups in total. The number of phenols is 1. The normalized spacial score (nSPS) is 13.0. The minimum absolute atomic E-state index is 0.153. The highest BCUT2D eigenvalue weighted by molar-refractivity contribution is 5.48. The Bertz CT molecular complexity index is 578. The molecular weight excluding hydrogens is 267 g/mol. The first-order valence-electron chi connectivity index (χ1n) is 6.09. The molecule has 0 fully saturated rings. The fourth-order valence-corrected chi connectivity index (χ4v) is 1.88. The van der Waals surface area contributed by atoms with Gasteiger partial charge in [-0.15, -0.1) is 0 Å². The molecule has 0 amide bonds. The van der Waals surface area contributed by atoms with Gasteiger partial charge in [-0.3, -0.25) is 0 Å². The maximum Gasteiger partial charge on any atom is 0.416 e. The SMILES string of the molecule is CC(Nc1cccc(C(F)(F)F)c1)c1ccc(O)cc1. The lowest BCUT2D eigenvalue weighted by atomic mass is 10.1. The molecule has 0 aliphatic carbocycles. The first-order chi connectivity index (χ1) is 9.36. The molecule has 1 atom stereocenters. The molecule has 1 unspecified atom stereocenters. The summed E-state index contributed by atoms with van der Waals surface area (Å²) in [5.74, 6) is 0.153. The van der Waals surface area contributed by atoms with Crippen LogP contribution in [0.15, 0.2) is 48.5 Å². The van der Waals surface area contributed by atoms with Gasteiger partial charge in [0, 0.05) is 11.7 Å². The third kappa shape index (κ3) is 3.44. The molecule has 0 saturated carbocycles. The quantitative estimate of drug-likeness (QED) is 0.862. The summed E-state index contributed by atoms with van der Waals surface area (Å²) in [5, 5.41) is 12.2. The van der Waals surface area contributed by atoms with Crippen LogP contribution in [0.3, 0.4) is 0 Å². The fraction of sp³-hybridized carbons (Fsp3) is 0.200. The molecule has 0 aliphatic heterocycles. The van der Waals surface area contributed by atoms with Crippen LogP contribution in [-0.2, 0) is 6.18 Å². The number of benzene rings is 2. The van der Waals surface area contributed by atoms with Crippen LogP contribution >= 0.6 is 0 Å². The molecule has 0 aliphatic rings. The summed E-state index contributed by atoms with van der Waals surface area (Å²) in [5.41, 5.74) is 0.598. The minimum atomic E-state index is -4.35. The van der Waals surface area contributed by atoms with Gasteiger partial charge in [-0.1, -0.05) is 18.2 Å². The van der Waals surface area contributed by atoms with Gasteiger partial charge in [0.2, 0.25) is 0 Å². The van der Waals surface area contributed by atoms with E-state index in [2.05, 4.69) is 5.32 Å². The highest BCUT2D eigenvalue weighted by Gasteiger charge is 2.30. The van der Waals surface area contributed by atoms with E-state index in [1.165, 1.54) is 6.07 Å². The second kappa shape index (κ2) is 5.45. The van der Waals surface area contributed by atoms with Crippen molar-refractivity contribution in [3.8, 4) is 5.75 Å². The molecule has 0 bridgehead atoms. The number of hydrogen-bond acceptors (Lipinski definition) is 2. The van der Waals surface area contributed by atoms with Crippen LogP contribution in [0.5, 0.6) is 5.75 Å². The zero-order valence-electron chi connectivity index (χ0n) is 10.8. The van der Waals surface area contributed by atoms with Gasteiger partial charge >= 0.3 is 6.18 Å². The third-order valence-electron chi connectivity index (χ3n) is 2.97. The Balaban J connectivity index is 2.15. The molecular formula is C15H14F3NO. The lowest BCUT2D eigenvalue weighted by molar-refractivity contribution is -0.137. The van der Waals surface area contributed by atoms with Gasteiger partial charge in [0.1, 0.15) is 5.75 Å². The van der Waals surface area contributed by atoms with Crippen molar-refractivity contribution in [2.75, 3.05) is 5.32 Å². The lowest BCUT2D eigenvalue weighted by Gasteiger charge is -2.17. The van der Waals surface area contributed by atoms with Gasteiger partial charge in [0.25, 0.3) is 0 Å². The van der Waals surface area contributed by atoms with Crippen molar-refractivity contribution in [2.24, 2.45) is 0 Å². The maximum atomic E-state index is 12.6. The van der Waals surface area contributed by atoms with Crippen LogP contribution in [0, 0.1) is 0 Å². The molecule has 5 heteroatoms. The minimum Gasteiger partial charge on any atom is -0.508 e. The van der Waals surface area contributed by atoms with Crippen molar-refractivity contribution in [1.82, 2.24) is 0 Å². The molecule has 0 aromatic heterocycles. The molecule has 2 nitrogen and oxygen atoms in total. The molecule has 2 aromatic rings. The van der Waals surface area contributed by atoms with Gasteiger partial charge in [0.15, 0.2) is 0 Å². The van der Waals surface area contributed by atoms with Crippen LogP contribution in [0.25, 0.3) is 0 Å².